The number of hydrogen-bond acceptors (Lipinski definition) is 4. The smallest absolute Gasteiger partial charge is 0.123 e. The molecule has 0 radical (unpaired) electrons. The van der Waals surface area contributed by atoms with Crippen LogP contribution in [0, 0.1) is 0 Å². The summed E-state index contributed by atoms with van der Waals surface area (Å²) in [5, 5.41) is 0. The molecule has 0 saturated heterocycles. The minimum atomic E-state index is -0.603. The second-order valence-electron chi connectivity index (χ2n) is 10.6. The monoisotopic (exact) mass is 380 g/mol. The zero-order valence-corrected chi connectivity index (χ0v) is 19.4. The van der Waals surface area contributed by atoms with Gasteiger partial charge in [0.25, 0.3) is 0 Å². The quantitative estimate of drug-likeness (QED) is 0.386. The van der Waals surface area contributed by atoms with Crippen molar-refractivity contribution in [3.63, 3.8) is 0 Å². The summed E-state index contributed by atoms with van der Waals surface area (Å²) in [5.74, 6) is 0.377. The van der Waals surface area contributed by atoms with Gasteiger partial charge in [-0.2, -0.15) is 0 Å². The molecule has 0 aliphatic rings. The van der Waals surface area contributed by atoms with Gasteiger partial charge >= 0.3 is 0 Å². The lowest BCUT2D eigenvalue weighted by atomic mass is 9.86. The van der Waals surface area contributed by atoms with Crippen LogP contribution in [0.2, 0.25) is 0 Å². The Morgan fingerprint density at radius 3 is 1.15 bits per heavy atom. The lowest BCUT2D eigenvalue weighted by Crippen LogP contribution is -2.31. The Bertz CT molecular complexity index is 568. The molecule has 0 aromatic heterocycles. The molecule has 0 N–H and O–H groups in total. The van der Waals surface area contributed by atoms with Crippen molar-refractivity contribution in [1.29, 1.82) is 0 Å². The molecule has 4 heteroatoms. The first kappa shape index (κ1) is 24.1. The molecule has 0 saturated carbocycles. The van der Waals surface area contributed by atoms with Crippen molar-refractivity contribution in [2.24, 2.45) is 0 Å². The summed E-state index contributed by atoms with van der Waals surface area (Å²) in [6.45, 7) is 24.3. The maximum absolute atomic E-state index is 5.82. The molecule has 1 aromatic carbocycles. The van der Waals surface area contributed by atoms with Gasteiger partial charge in [-0.3, -0.25) is 0 Å². The fraction of sp³-hybridized carbons (Fsp3) is 0.739. The van der Waals surface area contributed by atoms with E-state index in [9.17, 15) is 0 Å². The first-order chi connectivity index (χ1) is 11.9. The van der Waals surface area contributed by atoms with Crippen LogP contribution in [0.25, 0.3) is 0 Å². The largest absolute Gasteiger partial charge is 0.230 e. The number of rotatable bonds is 7. The fourth-order valence-electron chi connectivity index (χ4n) is 2.23. The van der Waals surface area contributed by atoms with E-state index >= 15 is 0 Å². The molecule has 0 aliphatic heterocycles. The van der Waals surface area contributed by atoms with Crippen LogP contribution in [0.5, 0.6) is 0 Å². The highest BCUT2D eigenvalue weighted by Gasteiger charge is 2.31. The van der Waals surface area contributed by atoms with Crippen LogP contribution in [0.4, 0.5) is 0 Å². The summed E-state index contributed by atoms with van der Waals surface area (Å²) in [6, 6.07) is 6.48. The molecule has 1 aromatic rings. The van der Waals surface area contributed by atoms with Crippen LogP contribution in [0.1, 0.15) is 106 Å². The first-order valence-corrected chi connectivity index (χ1v) is 9.83. The standard InChI is InChI=1S/C23H40O4/c1-16(2)17-13-18(22(9,10)26-24-20(3,4)5)15-19(14-17)23(11,12)27-25-21(6,7)8/h13-16H,1-12H3. The molecule has 0 amide bonds. The maximum atomic E-state index is 5.82. The SMILES string of the molecule is CC(C)c1cc(C(C)(C)OOC(C)(C)C)cc(C(C)(C)OOC(C)(C)C)c1. The van der Waals surface area contributed by atoms with E-state index in [1.165, 1.54) is 5.56 Å². The molecule has 156 valence electrons. The summed E-state index contributed by atoms with van der Waals surface area (Å²) in [4.78, 5) is 22.9. The molecular formula is C23H40O4. The van der Waals surface area contributed by atoms with Crippen LogP contribution >= 0.6 is 0 Å². The van der Waals surface area contributed by atoms with Crippen LogP contribution < -0.4 is 0 Å². The second-order valence-corrected chi connectivity index (χ2v) is 10.6. The third kappa shape index (κ3) is 7.90. The van der Waals surface area contributed by atoms with Crippen molar-refractivity contribution in [1.82, 2.24) is 0 Å². The van der Waals surface area contributed by atoms with E-state index in [-0.39, 0.29) is 11.2 Å². The van der Waals surface area contributed by atoms with Crippen molar-refractivity contribution in [3.8, 4) is 0 Å². The summed E-state index contributed by atoms with van der Waals surface area (Å²) in [6.07, 6.45) is 0. The van der Waals surface area contributed by atoms with Gasteiger partial charge in [-0.1, -0.05) is 26.0 Å². The second kappa shape index (κ2) is 8.20. The fourth-order valence-corrected chi connectivity index (χ4v) is 2.23. The molecule has 4 nitrogen and oxygen atoms in total. The van der Waals surface area contributed by atoms with Gasteiger partial charge in [-0.05, 0) is 97.9 Å². The zero-order chi connectivity index (χ0) is 21.3. The molecule has 0 unspecified atom stereocenters. The topological polar surface area (TPSA) is 36.9 Å². The van der Waals surface area contributed by atoms with E-state index in [0.29, 0.717) is 5.92 Å². The number of hydrogen-bond donors (Lipinski definition) is 0. The van der Waals surface area contributed by atoms with E-state index in [1.807, 2.05) is 69.2 Å². The van der Waals surface area contributed by atoms with Gasteiger partial charge in [0.05, 0.1) is 11.2 Å². The Morgan fingerprint density at radius 1 is 0.556 bits per heavy atom. The molecule has 0 bridgehead atoms. The van der Waals surface area contributed by atoms with Crippen LogP contribution in [0.3, 0.4) is 0 Å². The first-order valence-electron chi connectivity index (χ1n) is 9.83. The van der Waals surface area contributed by atoms with Gasteiger partial charge in [-0.15, -0.1) is 0 Å². The van der Waals surface area contributed by atoms with Crippen LogP contribution in [0.15, 0.2) is 18.2 Å². The van der Waals surface area contributed by atoms with E-state index in [2.05, 4.69) is 32.0 Å². The van der Waals surface area contributed by atoms with Gasteiger partial charge in [0.1, 0.15) is 11.2 Å². The van der Waals surface area contributed by atoms with Crippen molar-refractivity contribution in [2.75, 3.05) is 0 Å². The van der Waals surface area contributed by atoms with Gasteiger partial charge in [0, 0.05) is 0 Å². The third-order valence-corrected chi connectivity index (χ3v) is 4.01. The third-order valence-electron chi connectivity index (χ3n) is 4.01. The predicted octanol–water partition coefficient (Wildman–Crippen LogP) is 6.77. The highest BCUT2D eigenvalue weighted by molar-refractivity contribution is 5.37. The van der Waals surface area contributed by atoms with Gasteiger partial charge in [0.15, 0.2) is 0 Å². The Balaban J connectivity index is 3.27. The summed E-state index contributed by atoms with van der Waals surface area (Å²) < 4.78 is 0. The van der Waals surface area contributed by atoms with Crippen molar-refractivity contribution < 1.29 is 19.6 Å². The Hall–Kier alpha value is -0.940. The van der Waals surface area contributed by atoms with Gasteiger partial charge < -0.3 is 0 Å². The van der Waals surface area contributed by atoms with Crippen LogP contribution in [-0.2, 0) is 30.8 Å². The average Bonchev–Trinajstić information content (AvgIpc) is 2.49. The van der Waals surface area contributed by atoms with E-state index in [1.54, 1.807) is 0 Å². The summed E-state index contributed by atoms with van der Waals surface area (Å²) in [5.41, 5.74) is 1.35. The molecule has 0 heterocycles. The van der Waals surface area contributed by atoms with Gasteiger partial charge in [0.2, 0.25) is 0 Å². The minimum Gasteiger partial charge on any atom is -0.230 e. The summed E-state index contributed by atoms with van der Waals surface area (Å²) >= 11 is 0. The molecule has 0 fully saturated rings. The predicted molar refractivity (Wildman–Crippen MR) is 110 cm³/mol. The number of benzene rings is 1. The molecule has 0 spiro atoms. The Labute approximate surface area is 166 Å². The molecule has 1 rings (SSSR count). The van der Waals surface area contributed by atoms with E-state index in [4.69, 9.17) is 19.6 Å². The average molecular weight is 381 g/mol. The van der Waals surface area contributed by atoms with Gasteiger partial charge in [-0.25, -0.2) is 19.6 Å². The highest BCUT2D eigenvalue weighted by Crippen LogP contribution is 2.35. The van der Waals surface area contributed by atoms with Crippen molar-refractivity contribution in [3.05, 3.63) is 34.9 Å². The van der Waals surface area contributed by atoms with Crippen molar-refractivity contribution >= 4 is 0 Å². The Morgan fingerprint density at radius 2 is 0.889 bits per heavy atom. The molecule has 0 atom stereocenters. The summed E-state index contributed by atoms with van der Waals surface area (Å²) in [7, 11) is 0. The normalized spacial score (nSPS) is 14.1. The lowest BCUT2D eigenvalue weighted by Gasteiger charge is -2.33. The molecular weight excluding hydrogens is 340 g/mol. The maximum Gasteiger partial charge on any atom is 0.123 e. The highest BCUT2D eigenvalue weighted by atomic mass is 17.2. The van der Waals surface area contributed by atoms with Crippen LogP contribution in [-0.4, -0.2) is 11.2 Å². The van der Waals surface area contributed by atoms with E-state index in [0.717, 1.165) is 11.1 Å². The van der Waals surface area contributed by atoms with E-state index < -0.39 is 11.2 Å². The van der Waals surface area contributed by atoms with Crippen molar-refractivity contribution in [2.45, 2.75) is 111 Å². The molecule has 0 aliphatic carbocycles. The molecule has 27 heavy (non-hydrogen) atoms. The minimum absolute atomic E-state index is 0.376. The lowest BCUT2D eigenvalue weighted by molar-refractivity contribution is -0.403. The Kier molecular flexibility index (Phi) is 7.32. The zero-order valence-electron chi connectivity index (χ0n) is 19.4.